The number of benzene rings is 1. The zero-order valence-corrected chi connectivity index (χ0v) is 10.9. The van der Waals surface area contributed by atoms with Gasteiger partial charge in [-0.25, -0.2) is 0 Å². The summed E-state index contributed by atoms with van der Waals surface area (Å²) in [6, 6.07) is 10.1. The number of aromatic nitrogens is 3. The fraction of sp³-hybridized carbons (Fsp3) is 0.308. The van der Waals surface area contributed by atoms with Crippen molar-refractivity contribution in [2.75, 3.05) is 12.3 Å². The highest BCUT2D eigenvalue weighted by molar-refractivity contribution is 5.22. The van der Waals surface area contributed by atoms with E-state index < -0.39 is 0 Å². The number of nitrogen functional groups attached to an aromatic ring is 1. The molecule has 0 aliphatic heterocycles. The molecular formula is C13H16N4O2. The van der Waals surface area contributed by atoms with Gasteiger partial charge in [-0.05, 0) is 19.4 Å². The number of hydrogen-bond acceptors (Lipinski definition) is 6. The van der Waals surface area contributed by atoms with Crippen molar-refractivity contribution < 1.29 is 9.47 Å². The van der Waals surface area contributed by atoms with Gasteiger partial charge in [0.15, 0.2) is 0 Å². The average Bonchev–Trinajstić information content (AvgIpc) is 2.39. The highest BCUT2D eigenvalue weighted by atomic mass is 16.5. The molecule has 0 spiro atoms. The normalized spacial score (nSPS) is 11.9. The molecule has 2 N–H and O–H groups in total. The molecule has 1 aromatic heterocycles. The van der Waals surface area contributed by atoms with Gasteiger partial charge in [0, 0.05) is 0 Å². The largest absolute Gasteiger partial charge is 0.464 e. The van der Waals surface area contributed by atoms with Crippen molar-refractivity contribution in [3.05, 3.63) is 35.9 Å². The Morgan fingerprint density at radius 1 is 1.11 bits per heavy atom. The summed E-state index contributed by atoms with van der Waals surface area (Å²) < 4.78 is 10.8. The van der Waals surface area contributed by atoms with E-state index in [4.69, 9.17) is 15.2 Å². The van der Waals surface area contributed by atoms with Crippen LogP contribution in [0.25, 0.3) is 0 Å². The van der Waals surface area contributed by atoms with Gasteiger partial charge in [-0.3, -0.25) is 0 Å². The molecule has 0 radical (unpaired) electrons. The van der Waals surface area contributed by atoms with Crippen LogP contribution in [0.5, 0.6) is 12.0 Å². The molecule has 1 atom stereocenters. The van der Waals surface area contributed by atoms with Crippen LogP contribution in [0.2, 0.25) is 0 Å². The second kappa shape index (κ2) is 5.99. The lowest BCUT2D eigenvalue weighted by Gasteiger charge is -2.13. The van der Waals surface area contributed by atoms with Crippen molar-refractivity contribution in [1.82, 2.24) is 15.0 Å². The van der Waals surface area contributed by atoms with Crippen LogP contribution < -0.4 is 15.2 Å². The Kier molecular flexibility index (Phi) is 4.12. The van der Waals surface area contributed by atoms with Gasteiger partial charge in [0.05, 0.1) is 6.61 Å². The summed E-state index contributed by atoms with van der Waals surface area (Å²) in [6.07, 6.45) is -0.183. The van der Waals surface area contributed by atoms with Gasteiger partial charge in [0.1, 0.15) is 6.10 Å². The fourth-order valence-electron chi connectivity index (χ4n) is 1.55. The number of ether oxygens (including phenoxy) is 2. The molecule has 0 saturated heterocycles. The predicted octanol–water partition coefficient (Wildman–Crippen LogP) is 1.99. The average molecular weight is 260 g/mol. The Morgan fingerprint density at radius 3 is 2.47 bits per heavy atom. The summed E-state index contributed by atoms with van der Waals surface area (Å²) in [6.45, 7) is 4.21. The summed E-state index contributed by atoms with van der Waals surface area (Å²) in [5.41, 5.74) is 6.61. The van der Waals surface area contributed by atoms with Crippen LogP contribution in [0.1, 0.15) is 25.5 Å². The summed E-state index contributed by atoms with van der Waals surface area (Å²) in [4.78, 5) is 11.8. The summed E-state index contributed by atoms with van der Waals surface area (Å²) in [5.74, 6) is 0.0775. The summed E-state index contributed by atoms with van der Waals surface area (Å²) >= 11 is 0. The second-order valence-corrected chi connectivity index (χ2v) is 3.86. The van der Waals surface area contributed by atoms with Crippen LogP contribution in [0.4, 0.5) is 5.95 Å². The van der Waals surface area contributed by atoms with E-state index in [1.54, 1.807) is 0 Å². The van der Waals surface area contributed by atoms with Gasteiger partial charge in [-0.2, -0.15) is 9.97 Å². The number of nitrogens with zero attached hydrogens (tertiary/aromatic N) is 3. The highest BCUT2D eigenvalue weighted by Crippen LogP contribution is 2.20. The Morgan fingerprint density at radius 2 is 1.79 bits per heavy atom. The van der Waals surface area contributed by atoms with E-state index in [0.717, 1.165) is 5.56 Å². The molecule has 1 heterocycles. The summed E-state index contributed by atoms with van der Waals surface area (Å²) in [7, 11) is 0. The van der Waals surface area contributed by atoms with Gasteiger partial charge in [0.25, 0.3) is 0 Å². The van der Waals surface area contributed by atoms with Crippen molar-refractivity contribution in [3.8, 4) is 12.0 Å². The molecule has 6 nitrogen and oxygen atoms in total. The van der Waals surface area contributed by atoms with Crippen molar-refractivity contribution in [2.45, 2.75) is 20.0 Å². The lowest BCUT2D eigenvalue weighted by Crippen LogP contribution is -2.09. The van der Waals surface area contributed by atoms with Gasteiger partial charge in [0.2, 0.25) is 5.95 Å². The molecule has 0 saturated carbocycles. The van der Waals surface area contributed by atoms with E-state index in [2.05, 4.69) is 15.0 Å². The van der Waals surface area contributed by atoms with Gasteiger partial charge in [-0.1, -0.05) is 30.3 Å². The third-order valence-corrected chi connectivity index (χ3v) is 2.44. The molecular weight excluding hydrogens is 244 g/mol. The Hall–Kier alpha value is -2.37. The lowest BCUT2D eigenvalue weighted by molar-refractivity contribution is 0.201. The van der Waals surface area contributed by atoms with Crippen molar-refractivity contribution >= 4 is 5.95 Å². The second-order valence-electron chi connectivity index (χ2n) is 3.86. The molecule has 6 heteroatoms. The molecule has 100 valence electrons. The molecule has 0 fully saturated rings. The Labute approximate surface area is 111 Å². The molecule has 0 amide bonds. The van der Waals surface area contributed by atoms with Crippen LogP contribution in [0.15, 0.2) is 30.3 Å². The zero-order valence-electron chi connectivity index (χ0n) is 10.9. The maximum Gasteiger partial charge on any atom is 0.325 e. The molecule has 2 aromatic rings. The number of hydrogen-bond donors (Lipinski definition) is 1. The standard InChI is InChI=1S/C13H16N4O2/c1-3-18-12-15-11(14)16-13(17-12)19-9(2)10-7-5-4-6-8-10/h4-9H,3H2,1-2H3,(H2,14,15,16,17). The number of nitrogens with two attached hydrogens (primary N) is 1. The van der Waals surface area contributed by atoms with E-state index in [0.29, 0.717) is 6.61 Å². The van der Waals surface area contributed by atoms with Crippen LogP contribution in [-0.2, 0) is 0 Å². The van der Waals surface area contributed by atoms with E-state index in [1.807, 2.05) is 44.2 Å². The topological polar surface area (TPSA) is 83.2 Å². The Balaban J connectivity index is 2.14. The van der Waals surface area contributed by atoms with Crippen LogP contribution >= 0.6 is 0 Å². The molecule has 1 unspecified atom stereocenters. The highest BCUT2D eigenvalue weighted by Gasteiger charge is 2.11. The first-order chi connectivity index (χ1) is 9.19. The molecule has 19 heavy (non-hydrogen) atoms. The maximum absolute atomic E-state index is 5.65. The molecule has 0 bridgehead atoms. The first kappa shape index (κ1) is 13.1. The Bertz CT molecular complexity index is 533. The lowest BCUT2D eigenvalue weighted by atomic mass is 10.1. The molecule has 1 aromatic carbocycles. The van der Waals surface area contributed by atoms with Crippen molar-refractivity contribution in [3.63, 3.8) is 0 Å². The minimum Gasteiger partial charge on any atom is -0.464 e. The van der Waals surface area contributed by atoms with E-state index in [-0.39, 0.29) is 24.1 Å². The first-order valence-electron chi connectivity index (χ1n) is 6.05. The van der Waals surface area contributed by atoms with Crippen LogP contribution in [0, 0.1) is 0 Å². The third kappa shape index (κ3) is 3.54. The fourth-order valence-corrected chi connectivity index (χ4v) is 1.55. The first-order valence-corrected chi connectivity index (χ1v) is 6.05. The molecule has 0 aliphatic carbocycles. The summed E-state index contributed by atoms with van der Waals surface area (Å²) in [5, 5.41) is 0. The minimum absolute atomic E-state index is 0.0775. The number of rotatable bonds is 5. The van der Waals surface area contributed by atoms with Crippen LogP contribution in [-0.4, -0.2) is 21.6 Å². The van der Waals surface area contributed by atoms with E-state index in [9.17, 15) is 0 Å². The van der Waals surface area contributed by atoms with Gasteiger partial charge in [-0.15, -0.1) is 4.98 Å². The molecule has 2 rings (SSSR count). The van der Waals surface area contributed by atoms with Gasteiger partial charge < -0.3 is 15.2 Å². The van der Waals surface area contributed by atoms with E-state index in [1.165, 1.54) is 0 Å². The predicted molar refractivity (Wildman–Crippen MR) is 70.9 cm³/mol. The molecule has 0 aliphatic rings. The van der Waals surface area contributed by atoms with Gasteiger partial charge >= 0.3 is 12.0 Å². The van der Waals surface area contributed by atoms with Crippen LogP contribution in [0.3, 0.4) is 0 Å². The third-order valence-electron chi connectivity index (χ3n) is 2.44. The quantitative estimate of drug-likeness (QED) is 0.885. The minimum atomic E-state index is -0.183. The van der Waals surface area contributed by atoms with Crippen molar-refractivity contribution in [2.24, 2.45) is 0 Å². The zero-order chi connectivity index (χ0) is 13.7. The van der Waals surface area contributed by atoms with Crippen molar-refractivity contribution in [1.29, 1.82) is 0 Å². The maximum atomic E-state index is 5.65. The monoisotopic (exact) mass is 260 g/mol. The smallest absolute Gasteiger partial charge is 0.325 e. The number of anilines is 1. The van der Waals surface area contributed by atoms with E-state index >= 15 is 0 Å². The SMILES string of the molecule is CCOc1nc(N)nc(OC(C)c2ccccc2)n1.